The number of amides is 1. The highest BCUT2D eigenvalue weighted by atomic mass is 16.3. The Morgan fingerprint density at radius 2 is 2.09 bits per heavy atom. The van der Waals surface area contributed by atoms with Crippen LogP contribution in [0, 0.1) is 5.41 Å². The van der Waals surface area contributed by atoms with E-state index in [4.69, 9.17) is 4.42 Å². The van der Waals surface area contributed by atoms with Crippen LogP contribution < -0.4 is 10.6 Å². The van der Waals surface area contributed by atoms with Crippen LogP contribution in [-0.2, 0) is 0 Å². The molecule has 0 atom stereocenters. The van der Waals surface area contributed by atoms with Crippen molar-refractivity contribution in [2.24, 2.45) is 10.4 Å². The summed E-state index contributed by atoms with van der Waals surface area (Å²) < 4.78 is 5.06. The Labute approximate surface area is 137 Å². The fraction of sp³-hybridized carbons (Fsp3) is 0.647. The number of hydrogen-bond acceptors (Lipinski definition) is 3. The smallest absolute Gasteiger partial charge is 0.287 e. The average molecular weight is 318 g/mol. The topological polar surface area (TPSA) is 69.9 Å². The van der Waals surface area contributed by atoms with Crippen LogP contribution in [0.1, 0.15) is 42.7 Å². The molecule has 1 aliphatic heterocycles. The number of nitrogens with one attached hydrogen (secondary N) is 2. The molecule has 126 valence electrons. The van der Waals surface area contributed by atoms with Crippen LogP contribution in [0.25, 0.3) is 0 Å². The fourth-order valence-corrected chi connectivity index (χ4v) is 3.83. The Balaban J connectivity index is 1.41. The third-order valence-electron chi connectivity index (χ3n) is 5.05. The second-order valence-electron chi connectivity index (χ2n) is 6.59. The van der Waals surface area contributed by atoms with Crippen LogP contribution in [0.4, 0.5) is 0 Å². The quantitative estimate of drug-likeness (QED) is 0.505. The minimum atomic E-state index is -0.183. The molecule has 0 radical (unpaired) electrons. The van der Waals surface area contributed by atoms with Crippen molar-refractivity contribution >= 4 is 11.9 Å². The molecule has 2 fully saturated rings. The van der Waals surface area contributed by atoms with Crippen molar-refractivity contribution in [3.8, 4) is 0 Å². The molecule has 6 heteroatoms. The lowest BCUT2D eigenvalue weighted by atomic mass is 9.86. The van der Waals surface area contributed by atoms with E-state index in [9.17, 15) is 4.79 Å². The van der Waals surface area contributed by atoms with E-state index in [-0.39, 0.29) is 5.91 Å². The molecule has 1 saturated heterocycles. The minimum Gasteiger partial charge on any atom is -0.459 e. The highest BCUT2D eigenvalue weighted by molar-refractivity contribution is 5.91. The summed E-state index contributed by atoms with van der Waals surface area (Å²) in [7, 11) is 1.82. The van der Waals surface area contributed by atoms with Crippen LogP contribution >= 0.6 is 0 Å². The highest BCUT2D eigenvalue weighted by Crippen LogP contribution is 2.45. The summed E-state index contributed by atoms with van der Waals surface area (Å²) >= 11 is 0. The van der Waals surface area contributed by atoms with Gasteiger partial charge in [0, 0.05) is 33.2 Å². The Morgan fingerprint density at radius 1 is 1.30 bits per heavy atom. The predicted octanol–water partition coefficient (Wildman–Crippen LogP) is 1.85. The van der Waals surface area contributed by atoms with E-state index in [1.165, 1.54) is 38.4 Å². The van der Waals surface area contributed by atoms with Crippen molar-refractivity contribution in [1.29, 1.82) is 0 Å². The van der Waals surface area contributed by atoms with Crippen molar-refractivity contribution in [1.82, 2.24) is 15.5 Å². The van der Waals surface area contributed by atoms with Gasteiger partial charge in [0.1, 0.15) is 0 Å². The summed E-state index contributed by atoms with van der Waals surface area (Å²) in [6, 6.07) is 3.37. The molecule has 1 saturated carbocycles. The first kappa shape index (κ1) is 15.9. The average Bonchev–Trinajstić information content (AvgIpc) is 3.30. The van der Waals surface area contributed by atoms with Crippen molar-refractivity contribution < 1.29 is 9.21 Å². The molecule has 1 aromatic heterocycles. The monoisotopic (exact) mass is 318 g/mol. The molecule has 2 aliphatic rings. The highest BCUT2D eigenvalue weighted by Gasteiger charge is 2.40. The largest absolute Gasteiger partial charge is 0.459 e. The fourth-order valence-electron chi connectivity index (χ4n) is 3.83. The molecule has 1 spiro atoms. The SMILES string of the molecule is CN=C(NCCNC(=O)c1ccco1)N1CCC2(CCCC2)C1. The standard InChI is InChI=1S/C17H26N4O2/c1-18-16(21-11-8-17(13-21)6-2-3-7-17)20-10-9-19-15(22)14-5-4-12-23-14/h4-5,12H,2-3,6-11,13H2,1H3,(H,18,20)(H,19,22). The number of carbonyl (C=O) groups is 1. The van der Waals surface area contributed by atoms with Gasteiger partial charge < -0.3 is 20.0 Å². The van der Waals surface area contributed by atoms with Crippen LogP contribution in [0.2, 0.25) is 0 Å². The van der Waals surface area contributed by atoms with Crippen LogP contribution in [0.3, 0.4) is 0 Å². The molecule has 6 nitrogen and oxygen atoms in total. The predicted molar refractivity (Wildman–Crippen MR) is 89.5 cm³/mol. The molecule has 0 unspecified atom stereocenters. The minimum absolute atomic E-state index is 0.183. The van der Waals surface area contributed by atoms with Gasteiger partial charge in [0.05, 0.1) is 6.26 Å². The maximum Gasteiger partial charge on any atom is 0.287 e. The van der Waals surface area contributed by atoms with Crippen LogP contribution in [-0.4, -0.2) is 50.0 Å². The van der Waals surface area contributed by atoms with E-state index >= 15 is 0 Å². The Kier molecular flexibility index (Phi) is 4.88. The number of carbonyl (C=O) groups excluding carboxylic acids is 1. The van der Waals surface area contributed by atoms with Crippen molar-refractivity contribution in [3.05, 3.63) is 24.2 Å². The Morgan fingerprint density at radius 3 is 2.78 bits per heavy atom. The number of guanidine groups is 1. The number of nitrogens with zero attached hydrogens (tertiary/aromatic N) is 2. The number of aliphatic imine (C=N–C) groups is 1. The van der Waals surface area contributed by atoms with Gasteiger partial charge in [-0.25, -0.2) is 0 Å². The van der Waals surface area contributed by atoms with Crippen molar-refractivity contribution in [2.75, 3.05) is 33.2 Å². The first-order chi connectivity index (χ1) is 11.2. The maximum absolute atomic E-state index is 11.8. The van der Waals surface area contributed by atoms with E-state index in [2.05, 4.69) is 20.5 Å². The molecular formula is C17H26N4O2. The van der Waals surface area contributed by atoms with Crippen molar-refractivity contribution in [3.63, 3.8) is 0 Å². The summed E-state index contributed by atoms with van der Waals surface area (Å²) in [6.07, 6.45) is 8.25. The van der Waals surface area contributed by atoms with E-state index in [1.54, 1.807) is 12.1 Å². The van der Waals surface area contributed by atoms with E-state index in [0.717, 1.165) is 19.0 Å². The molecule has 2 heterocycles. The van der Waals surface area contributed by atoms with Gasteiger partial charge in [-0.05, 0) is 36.8 Å². The summed E-state index contributed by atoms with van der Waals surface area (Å²) in [6.45, 7) is 3.39. The van der Waals surface area contributed by atoms with Gasteiger partial charge in [0.2, 0.25) is 0 Å². The van der Waals surface area contributed by atoms with Gasteiger partial charge in [-0.3, -0.25) is 9.79 Å². The van der Waals surface area contributed by atoms with Gasteiger partial charge in [0.15, 0.2) is 11.7 Å². The summed E-state index contributed by atoms with van der Waals surface area (Å²) in [5.41, 5.74) is 0.533. The third-order valence-corrected chi connectivity index (χ3v) is 5.05. The molecular weight excluding hydrogens is 292 g/mol. The number of hydrogen-bond donors (Lipinski definition) is 2. The molecule has 1 aliphatic carbocycles. The normalized spacial score (nSPS) is 20.2. The second kappa shape index (κ2) is 7.06. The third kappa shape index (κ3) is 3.68. The number of rotatable bonds is 4. The zero-order valence-electron chi connectivity index (χ0n) is 13.8. The van der Waals surface area contributed by atoms with Crippen LogP contribution in [0.15, 0.2) is 27.8 Å². The Hall–Kier alpha value is -1.98. The maximum atomic E-state index is 11.8. The number of furan rings is 1. The van der Waals surface area contributed by atoms with Gasteiger partial charge in [-0.2, -0.15) is 0 Å². The molecule has 1 aromatic rings. The van der Waals surface area contributed by atoms with Crippen molar-refractivity contribution in [2.45, 2.75) is 32.1 Å². The van der Waals surface area contributed by atoms with Gasteiger partial charge in [-0.15, -0.1) is 0 Å². The first-order valence-corrected chi connectivity index (χ1v) is 8.50. The van der Waals surface area contributed by atoms with E-state index < -0.39 is 0 Å². The zero-order chi connectivity index (χ0) is 16.1. The van der Waals surface area contributed by atoms with Gasteiger partial charge >= 0.3 is 0 Å². The molecule has 1 amide bonds. The summed E-state index contributed by atoms with van der Waals surface area (Å²) in [5, 5.41) is 6.18. The van der Waals surface area contributed by atoms with E-state index in [1.807, 2.05) is 7.05 Å². The number of likely N-dealkylation sites (tertiary alicyclic amines) is 1. The zero-order valence-corrected chi connectivity index (χ0v) is 13.8. The lowest BCUT2D eigenvalue weighted by Gasteiger charge is -2.25. The summed E-state index contributed by atoms with van der Waals surface area (Å²) in [5.74, 6) is 1.11. The van der Waals surface area contributed by atoms with Crippen LogP contribution in [0.5, 0.6) is 0 Å². The Bertz CT molecular complexity index is 547. The summed E-state index contributed by atoms with van der Waals surface area (Å²) in [4.78, 5) is 18.5. The molecule has 2 N–H and O–H groups in total. The lowest BCUT2D eigenvalue weighted by Crippen LogP contribution is -2.43. The lowest BCUT2D eigenvalue weighted by molar-refractivity contribution is 0.0926. The van der Waals surface area contributed by atoms with Gasteiger partial charge in [-0.1, -0.05) is 12.8 Å². The molecule has 23 heavy (non-hydrogen) atoms. The molecule has 0 aromatic carbocycles. The first-order valence-electron chi connectivity index (χ1n) is 8.50. The second-order valence-corrected chi connectivity index (χ2v) is 6.59. The van der Waals surface area contributed by atoms with E-state index in [0.29, 0.717) is 24.3 Å². The van der Waals surface area contributed by atoms with Gasteiger partial charge in [0.25, 0.3) is 5.91 Å². The molecule has 0 bridgehead atoms. The molecule has 3 rings (SSSR count).